The molecule has 1 radical (unpaired) electrons. The maximum atomic E-state index is 12.0. The molecule has 2 nitrogen and oxygen atoms in total. The Hall–Kier alpha value is -0.340. The van der Waals surface area contributed by atoms with Gasteiger partial charge in [0.1, 0.15) is 0 Å². The first-order valence-electron chi connectivity index (χ1n) is 5.37. The molecule has 81 valence electrons. The van der Waals surface area contributed by atoms with Crippen molar-refractivity contribution in [2.45, 2.75) is 59.0 Å². The summed E-state index contributed by atoms with van der Waals surface area (Å²) in [6.45, 7) is 12.4. The van der Waals surface area contributed by atoms with Gasteiger partial charge in [-0.3, -0.25) is 0 Å². The lowest BCUT2D eigenvalue weighted by Crippen LogP contribution is -2.46. The molecule has 0 aromatic carbocycles. The van der Waals surface area contributed by atoms with Crippen LogP contribution in [-0.2, 0) is 5.21 Å². The van der Waals surface area contributed by atoms with E-state index < -0.39 is 0 Å². The fraction of sp³-hybridized carbons (Fsp3) is 0.833. The molecular weight excluding hydrogens is 174 g/mol. The van der Waals surface area contributed by atoms with E-state index in [4.69, 9.17) is 0 Å². The van der Waals surface area contributed by atoms with Gasteiger partial charge in [-0.15, -0.1) is 10.3 Å². The highest BCUT2D eigenvalue weighted by molar-refractivity contribution is 5.29. The van der Waals surface area contributed by atoms with Crippen molar-refractivity contribution in [3.63, 3.8) is 0 Å². The molecule has 0 aromatic rings. The van der Waals surface area contributed by atoms with E-state index in [-0.39, 0.29) is 11.1 Å². The van der Waals surface area contributed by atoms with Crippen molar-refractivity contribution in [1.82, 2.24) is 5.06 Å². The van der Waals surface area contributed by atoms with Gasteiger partial charge in [-0.2, -0.15) is 0 Å². The van der Waals surface area contributed by atoms with E-state index in [9.17, 15) is 5.21 Å². The Morgan fingerprint density at radius 2 is 1.79 bits per heavy atom. The molecule has 0 N–H and O–H groups in total. The van der Waals surface area contributed by atoms with Crippen LogP contribution in [-0.4, -0.2) is 16.1 Å². The van der Waals surface area contributed by atoms with E-state index in [1.54, 1.807) is 0 Å². The molecule has 1 aliphatic heterocycles. The van der Waals surface area contributed by atoms with Crippen LogP contribution in [0.25, 0.3) is 0 Å². The molecule has 0 atom stereocenters. The third-order valence-electron chi connectivity index (χ3n) is 2.97. The van der Waals surface area contributed by atoms with Gasteiger partial charge in [-0.1, -0.05) is 19.9 Å². The zero-order valence-electron chi connectivity index (χ0n) is 10.2. The van der Waals surface area contributed by atoms with Gasteiger partial charge in [0.2, 0.25) is 0 Å². The number of hydrogen-bond donors (Lipinski definition) is 0. The minimum absolute atomic E-state index is 0.326. The summed E-state index contributed by atoms with van der Waals surface area (Å²) in [5, 5.41) is 13.2. The van der Waals surface area contributed by atoms with Gasteiger partial charge in [-0.25, -0.2) is 0 Å². The summed E-state index contributed by atoms with van der Waals surface area (Å²) >= 11 is 0. The van der Waals surface area contributed by atoms with Crippen molar-refractivity contribution >= 4 is 0 Å². The first kappa shape index (κ1) is 11.7. The van der Waals surface area contributed by atoms with Gasteiger partial charge in [0.25, 0.3) is 0 Å². The first-order chi connectivity index (χ1) is 6.18. The van der Waals surface area contributed by atoms with Crippen molar-refractivity contribution in [2.75, 3.05) is 0 Å². The molecule has 0 spiro atoms. The smallest absolute Gasteiger partial charge is 0.0656 e. The van der Waals surface area contributed by atoms with Crippen molar-refractivity contribution < 1.29 is 5.21 Å². The summed E-state index contributed by atoms with van der Waals surface area (Å²) in [5.41, 5.74) is 0.620. The van der Waals surface area contributed by atoms with Gasteiger partial charge in [0, 0.05) is 0 Å². The Balaban J connectivity index is 2.94. The number of rotatable bonds is 2. The fourth-order valence-electron chi connectivity index (χ4n) is 2.26. The zero-order valence-corrected chi connectivity index (χ0v) is 10.2. The summed E-state index contributed by atoms with van der Waals surface area (Å²) in [6, 6.07) is 0. The van der Waals surface area contributed by atoms with Crippen LogP contribution in [0.15, 0.2) is 11.6 Å². The molecule has 0 amide bonds. The molecule has 14 heavy (non-hydrogen) atoms. The van der Waals surface area contributed by atoms with Gasteiger partial charge in [-0.05, 0) is 45.6 Å². The van der Waals surface area contributed by atoms with E-state index in [0.29, 0.717) is 5.92 Å². The van der Waals surface area contributed by atoms with Crippen molar-refractivity contribution in [3.8, 4) is 0 Å². The summed E-state index contributed by atoms with van der Waals surface area (Å²) in [5.74, 6) is 0.614. The Labute approximate surface area is 87.6 Å². The number of hydrogen-bond acceptors (Lipinski definition) is 1. The summed E-state index contributed by atoms with van der Waals surface area (Å²) in [6.07, 6.45) is 3.16. The summed E-state index contributed by atoms with van der Waals surface area (Å²) in [7, 11) is 0. The molecule has 1 heterocycles. The molecule has 0 aromatic heterocycles. The highest BCUT2D eigenvalue weighted by Crippen LogP contribution is 2.41. The second kappa shape index (κ2) is 3.35. The summed E-state index contributed by atoms with van der Waals surface area (Å²) < 4.78 is 0. The van der Waals surface area contributed by atoms with E-state index in [1.807, 2.05) is 27.7 Å². The van der Waals surface area contributed by atoms with Crippen molar-refractivity contribution in [3.05, 3.63) is 11.6 Å². The molecule has 2 heteroatoms. The van der Waals surface area contributed by atoms with Gasteiger partial charge >= 0.3 is 0 Å². The zero-order chi connectivity index (χ0) is 11.1. The third-order valence-corrected chi connectivity index (χ3v) is 2.97. The number of nitrogens with zero attached hydrogens (tertiary/aromatic N) is 1. The Kier molecular flexibility index (Phi) is 2.81. The van der Waals surface area contributed by atoms with Crippen LogP contribution in [0.4, 0.5) is 0 Å². The molecule has 0 aliphatic carbocycles. The van der Waals surface area contributed by atoms with Gasteiger partial charge < -0.3 is 0 Å². The maximum Gasteiger partial charge on any atom is 0.0656 e. The topological polar surface area (TPSA) is 23.1 Å². The molecule has 0 unspecified atom stereocenters. The minimum Gasteiger partial charge on any atom is -0.136 e. The van der Waals surface area contributed by atoms with Crippen LogP contribution in [0.5, 0.6) is 0 Å². The van der Waals surface area contributed by atoms with E-state index in [1.165, 1.54) is 10.6 Å². The van der Waals surface area contributed by atoms with Crippen LogP contribution in [0.3, 0.4) is 0 Å². The van der Waals surface area contributed by atoms with Crippen molar-refractivity contribution in [2.24, 2.45) is 5.92 Å². The monoisotopic (exact) mass is 196 g/mol. The molecule has 0 bridgehead atoms. The highest BCUT2D eigenvalue weighted by Gasteiger charge is 2.45. The highest BCUT2D eigenvalue weighted by atomic mass is 16.5. The Bertz CT molecular complexity index is 251. The van der Waals surface area contributed by atoms with E-state index in [2.05, 4.69) is 19.9 Å². The molecule has 1 rings (SSSR count). The standard InChI is InChI=1S/C12H22NO/c1-9(2)7-10-8-11(3,4)13(14)12(10,5)6/h8-9H,7H2,1-6H3. The average molecular weight is 196 g/mol. The molecule has 0 saturated heterocycles. The van der Waals surface area contributed by atoms with Crippen LogP contribution < -0.4 is 0 Å². The maximum absolute atomic E-state index is 12.0. The lowest BCUT2D eigenvalue weighted by Gasteiger charge is -2.34. The molecule has 0 fully saturated rings. The van der Waals surface area contributed by atoms with Crippen LogP contribution in [0.2, 0.25) is 0 Å². The van der Waals surface area contributed by atoms with E-state index in [0.717, 1.165) is 6.42 Å². The molecule has 1 aliphatic rings. The second-order valence-electron chi connectivity index (χ2n) is 5.77. The lowest BCUT2D eigenvalue weighted by atomic mass is 9.89. The van der Waals surface area contributed by atoms with Crippen LogP contribution >= 0.6 is 0 Å². The van der Waals surface area contributed by atoms with E-state index >= 15 is 0 Å². The molecular formula is C12H22NO. The second-order valence-corrected chi connectivity index (χ2v) is 5.77. The predicted molar refractivity (Wildman–Crippen MR) is 58.2 cm³/mol. The van der Waals surface area contributed by atoms with Crippen LogP contribution in [0.1, 0.15) is 48.0 Å². The summed E-state index contributed by atoms with van der Waals surface area (Å²) in [4.78, 5) is 0. The quantitative estimate of drug-likeness (QED) is 0.622. The predicted octanol–water partition coefficient (Wildman–Crippen LogP) is 3.18. The van der Waals surface area contributed by atoms with Crippen molar-refractivity contribution in [1.29, 1.82) is 0 Å². The van der Waals surface area contributed by atoms with Gasteiger partial charge in [0.05, 0.1) is 11.1 Å². The third kappa shape index (κ3) is 1.86. The first-order valence-corrected chi connectivity index (χ1v) is 5.37. The Morgan fingerprint density at radius 1 is 1.29 bits per heavy atom. The minimum atomic E-state index is -0.340. The van der Waals surface area contributed by atoms with Gasteiger partial charge in [0.15, 0.2) is 0 Å². The largest absolute Gasteiger partial charge is 0.136 e. The lowest BCUT2D eigenvalue weighted by molar-refractivity contribution is -0.238. The average Bonchev–Trinajstić information content (AvgIpc) is 2.12. The fourth-order valence-corrected chi connectivity index (χ4v) is 2.26. The molecule has 0 saturated carbocycles. The normalized spacial score (nSPS) is 25.6. The Morgan fingerprint density at radius 3 is 2.07 bits per heavy atom. The number of hydroxylamine groups is 2. The van der Waals surface area contributed by atoms with Crippen LogP contribution in [0, 0.1) is 5.92 Å². The SMILES string of the molecule is CC(C)CC1=CC(C)(C)N([O])C1(C)C.